The smallest absolute Gasteiger partial charge is 0.872 e. The van der Waals surface area contributed by atoms with E-state index in [1.165, 1.54) is 34.6 Å². The maximum atomic E-state index is 11.5. The van der Waals surface area contributed by atoms with Gasteiger partial charge in [-0.25, -0.2) is 0 Å². The summed E-state index contributed by atoms with van der Waals surface area (Å²) in [6.45, 7) is 2.67. The average Bonchev–Trinajstić information content (AvgIpc) is 3.11. The topological polar surface area (TPSA) is 186 Å². The number of unbranched alkanes of at least 4 members (excludes halogenated alkanes) is 2. The van der Waals surface area contributed by atoms with Crippen LogP contribution >= 0.6 is 24.4 Å². The zero-order chi connectivity index (χ0) is 36.7. The molecule has 0 spiro atoms. The Morgan fingerprint density at radius 1 is 0.434 bits per heavy atom. The zero-order valence-corrected chi connectivity index (χ0v) is 36.2. The first kappa shape index (κ1) is 53.7. The van der Waals surface area contributed by atoms with Crippen LogP contribution < -0.4 is 20.4 Å². The fraction of sp³-hybridized carbons (Fsp3) is 0.211. The van der Waals surface area contributed by atoms with Crippen molar-refractivity contribution in [3.05, 3.63) is 130 Å². The predicted octanol–water partition coefficient (Wildman–Crippen LogP) is 5.61. The summed E-state index contributed by atoms with van der Waals surface area (Å²) in [6, 6.07) is 27.3. The van der Waals surface area contributed by atoms with E-state index in [2.05, 4.69) is 44.4 Å². The van der Waals surface area contributed by atoms with Gasteiger partial charge in [-0.2, -0.15) is 10.3 Å². The van der Waals surface area contributed by atoms with Gasteiger partial charge in [0, 0.05) is 51.0 Å². The summed E-state index contributed by atoms with van der Waals surface area (Å²) in [4.78, 5) is 17.0. The molecule has 0 N–H and O–H groups in total. The minimum Gasteiger partial charge on any atom is -0.872 e. The fourth-order valence-corrected chi connectivity index (χ4v) is 3.81. The Labute approximate surface area is 363 Å². The first-order valence-corrected chi connectivity index (χ1v) is 16.3. The number of aliphatic imine (C=N–C) groups is 4. The van der Waals surface area contributed by atoms with Crippen molar-refractivity contribution in [2.75, 3.05) is 26.2 Å². The Morgan fingerprint density at radius 3 is 0.774 bits per heavy atom. The molecular weight excluding hydrogens is 908 g/mol. The fourth-order valence-electron chi connectivity index (χ4n) is 3.81. The monoisotopic (exact) mass is 944 g/mol. The normalized spacial score (nSPS) is 9.81. The molecule has 0 heterocycles. The van der Waals surface area contributed by atoms with E-state index < -0.39 is 0 Å². The van der Waals surface area contributed by atoms with Crippen LogP contribution in [0.2, 0.25) is 0 Å². The second kappa shape index (κ2) is 36.7. The van der Waals surface area contributed by atoms with E-state index in [1.54, 1.807) is 73.4 Å². The van der Waals surface area contributed by atoms with Gasteiger partial charge in [0.05, 0.1) is 0 Å². The third-order valence-corrected chi connectivity index (χ3v) is 6.25. The van der Waals surface area contributed by atoms with E-state index in [4.69, 9.17) is 10.8 Å². The van der Waals surface area contributed by atoms with Crippen molar-refractivity contribution in [1.29, 1.82) is 0 Å². The summed E-state index contributed by atoms with van der Waals surface area (Å²) in [5.41, 5.74) is 2.47. The Bertz CT molecular complexity index is 1510. The minimum absolute atomic E-state index is 0. The molecule has 0 saturated heterocycles. The van der Waals surface area contributed by atoms with E-state index in [9.17, 15) is 20.4 Å². The van der Waals surface area contributed by atoms with Crippen LogP contribution in [0.25, 0.3) is 10.8 Å². The van der Waals surface area contributed by atoms with E-state index >= 15 is 0 Å². The van der Waals surface area contributed by atoms with E-state index in [0.29, 0.717) is 48.4 Å². The van der Waals surface area contributed by atoms with E-state index in [-0.39, 0.29) is 84.4 Å². The third-order valence-electron chi connectivity index (χ3n) is 6.25. The minimum atomic E-state index is -0.00729. The molecule has 0 aromatic heterocycles. The van der Waals surface area contributed by atoms with Crippen molar-refractivity contribution in [1.82, 2.24) is 0 Å². The summed E-state index contributed by atoms with van der Waals surface area (Å²) in [6.07, 6.45) is 10.1. The third kappa shape index (κ3) is 26.7. The quantitative estimate of drug-likeness (QED) is 0.0684. The summed E-state index contributed by atoms with van der Waals surface area (Å²) in [7, 11) is 0. The zero-order valence-electron chi connectivity index (χ0n) is 28.6. The van der Waals surface area contributed by atoms with Crippen molar-refractivity contribution in [3.8, 4) is 23.0 Å². The van der Waals surface area contributed by atoms with Crippen molar-refractivity contribution in [2.45, 2.75) is 25.7 Å². The Morgan fingerprint density at radius 2 is 0.604 bits per heavy atom. The molecule has 0 unspecified atom stereocenters. The number of benzene rings is 4. The van der Waals surface area contributed by atoms with Crippen molar-refractivity contribution in [2.24, 2.45) is 20.0 Å². The Hall–Kier alpha value is -3.68. The molecule has 0 aliphatic heterocycles. The van der Waals surface area contributed by atoms with Crippen LogP contribution in [0.5, 0.6) is 23.0 Å². The molecule has 53 heavy (non-hydrogen) atoms. The van der Waals surface area contributed by atoms with Gasteiger partial charge >= 0.3 is 61.4 Å². The molecule has 278 valence electrons. The SMILES string of the molecule is [Cd+2].[Cu+2].[Cu+2].[N-]=C=S.[N-]=C=S.[O-]c1ccccc1C=NCCCCN=Cc1ccccc1[O-].[O-]c1ccccc1C=NCCCCN=Cc1ccccc1[O-]. The maximum Gasteiger partial charge on any atom is 2.00 e. The first-order chi connectivity index (χ1) is 24.4. The molecule has 0 amide bonds. The molecule has 4 rings (SSSR count). The molecule has 10 nitrogen and oxygen atoms in total. The van der Waals surface area contributed by atoms with Gasteiger partial charge in [0.25, 0.3) is 0 Å². The number of rotatable bonds is 14. The molecule has 0 saturated carbocycles. The van der Waals surface area contributed by atoms with Gasteiger partial charge < -0.3 is 31.2 Å². The van der Waals surface area contributed by atoms with E-state index in [1.807, 2.05) is 24.3 Å². The molecule has 0 atom stereocenters. The molecule has 0 aliphatic rings. The van der Waals surface area contributed by atoms with Gasteiger partial charge in [-0.15, -0.1) is 23.0 Å². The van der Waals surface area contributed by atoms with Crippen LogP contribution in [0, 0.1) is 0 Å². The van der Waals surface area contributed by atoms with Crippen LogP contribution in [0.1, 0.15) is 47.9 Å². The molecule has 0 fully saturated rings. The van der Waals surface area contributed by atoms with Crippen LogP contribution in [-0.2, 0) is 61.4 Å². The van der Waals surface area contributed by atoms with Crippen molar-refractivity contribution < 1.29 is 81.9 Å². The Kier molecular flexibility index (Phi) is 37.1. The first-order valence-electron chi connectivity index (χ1n) is 15.4. The van der Waals surface area contributed by atoms with Crippen LogP contribution in [-0.4, -0.2) is 61.4 Å². The molecule has 15 heteroatoms. The van der Waals surface area contributed by atoms with Gasteiger partial charge in [0.1, 0.15) is 0 Å². The summed E-state index contributed by atoms with van der Waals surface area (Å²) >= 11 is 7.40. The Balaban J connectivity index is -0.000000782. The molecule has 4 aromatic rings. The van der Waals surface area contributed by atoms with Crippen molar-refractivity contribution in [3.63, 3.8) is 0 Å². The number of nitrogens with zero attached hydrogens (tertiary/aromatic N) is 6. The molecular formula is C38H36CdCu2N6O4S2. The van der Waals surface area contributed by atoms with Gasteiger partial charge in [0.15, 0.2) is 0 Å². The van der Waals surface area contributed by atoms with Crippen LogP contribution in [0.15, 0.2) is 117 Å². The van der Waals surface area contributed by atoms with Gasteiger partial charge in [-0.3, -0.25) is 20.0 Å². The standard InChI is InChI=1S/2C18H20N2O2.2CNS.Cd.2Cu/c2*21-17-9-3-1-7-15(17)13-19-11-5-6-12-20-14-16-8-2-4-10-18(16)22;2*2-1-3;;;/h2*1-4,7-10,13-14,21-22H,5-6,11-12H2;;;;;/q;;2*-1;3*+2/p-4. The van der Waals surface area contributed by atoms with E-state index in [0.717, 1.165) is 25.7 Å². The average molecular weight is 944 g/mol. The molecule has 4 aromatic carbocycles. The number of isothiocyanates is 2. The number of thiocarbonyl (C=S) groups is 2. The summed E-state index contributed by atoms with van der Waals surface area (Å²) in [5.74, 6) is -0.0292. The molecule has 2 radical (unpaired) electrons. The summed E-state index contributed by atoms with van der Waals surface area (Å²) in [5, 5.41) is 62.7. The number of para-hydroxylation sites is 4. The van der Waals surface area contributed by atoms with Crippen LogP contribution in [0.4, 0.5) is 0 Å². The number of hydrogen-bond acceptors (Lipinski definition) is 10. The molecule has 0 bridgehead atoms. The number of hydrogen-bond donors (Lipinski definition) is 0. The maximum absolute atomic E-state index is 11.5. The second-order valence-corrected chi connectivity index (χ2v) is 10.3. The van der Waals surface area contributed by atoms with Gasteiger partial charge in [-0.1, -0.05) is 121 Å². The summed E-state index contributed by atoms with van der Waals surface area (Å²) < 4.78 is 0. The second-order valence-electron chi connectivity index (χ2n) is 9.89. The predicted molar refractivity (Wildman–Crippen MR) is 204 cm³/mol. The molecule has 0 aliphatic carbocycles. The van der Waals surface area contributed by atoms with Crippen molar-refractivity contribution >= 4 is 59.6 Å². The van der Waals surface area contributed by atoms with Gasteiger partial charge in [0.2, 0.25) is 0 Å². The van der Waals surface area contributed by atoms with Crippen LogP contribution in [0.3, 0.4) is 0 Å². The van der Waals surface area contributed by atoms with Gasteiger partial charge in [-0.05, 0) is 47.9 Å². The largest absolute Gasteiger partial charge is 2.00 e.